The van der Waals surface area contributed by atoms with Crippen LogP contribution in [0.25, 0.3) is 0 Å². The summed E-state index contributed by atoms with van der Waals surface area (Å²) in [5, 5.41) is 5.79. The van der Waals surface area contributed by atoms with Crippen LogP contribution in [0.3, 0.4) is 0 Å². The van der Waals surface area contributed by atoms with Crippen LogP contribution < -0.4 is 10.6 Å². The third kappa shape index (κ3) is 6.71. The maximum absolute atomic E-state index is 12.1. The summed E-state index contributed by atoms with van der Waals surface area (Å²) in [5.74, 6) is -0.0370. The van der Waals surface area contributed by atoms with Gasteiger partial charge in [0.25, 0.3) is 0 Å². The Hall–Kier alpha value is -2.76. The number of nitrogens with zero attached hydrogens (tertiary/aromatic N) is 2. The first-order chi connectivity index (χ1) is 12.1. The molecule has 6 nitrogen and oxygen atoms in total. The second kappa shape index (κ2) is 9.52. The predicted octanol–water partition coefficient (Wildman–Crippen LogP) is 2.51. The van der Waals surface area contributed by atoms with E-state index in [1.165, 1.54) is 0 Å². The van der Waals surface area contributed by atoms with E-state index in [1.807, 2.05) is 38.1 Å². The molecule has 6 heteroatoms. The van der Waals surface area contributed by atoms with Crippen molar-refractivity contribution in [3.05, 3.63) is 54.1 Å². The second-order valence-corrected chi connectivity index (χ2v) is 6.04. The van der Waals surface area contributed by atoms with Gasteiger partial charge >= 0.3 is 0 Å². The minimum absolute atomic E-state index is 0.00540. The number of hydrogen-bond donors (Lipinski definition) is 2. The smallest absolute Gasteiger partial charge is 0.224 e. The van der Waals surface area contributed by atoms with Gasteiger partial charge in [-0.2, -0.15) is 0 Å². The number of carbonyl (C=O) groups excluding carboxylic acids is 2. The van der Waals surface area contributed by atoms with Crippen molar-refractivity contribution in [2.45, 2.75) is 45.6 Å². The minimum atomic E-state index is -0.0424. The first-order valence-corrected chi connectivity index (χ1v) is 8.50. The maximum Gasteiger partial charge on any atom is 0.224 e. The van der Waals surface area contributed by atoms with Crippen molar-refractivity contribution in [3.8, 4) is 0 Å². The summed E-state index contributed by atoms with van der Waals surface area (Å²) in [6.45, 7) is 3.91. The third-order valence-electron chi connectivity index (χ3n) is 3.62. The van der Waals surface area contributed by atoms with Gasteiger partial charge in [0, 0.05) is 43.2 Å². The largest absolute Gasteiger partial charge is 0.353 e. The van der Waals surface area contributed by atoms with Crippen molar-refractivity contribution < 1.29 is 9.59 Å². The zero-order valence-electron chi connectivity index (χ0n) is 14.7. The fourth-order valence-electron chi connectivity index (χ4n) is 2.47. The fraction of sp³-hybridized carbons (Fsp3) is 0.368. The summed E-state index contributed by atoms with van der Waals surface area (Å²) in [6.07, 6.45) is 7.24. The molecule has 0 aliphatic carbocycles. The number of amides is 2. The average Bonchev–Trinajstić information content (AvgIpc) is 2.57. The Bertz CT molecular complexity index is 686. The summed E-state index contributed by atoms with van der Waals surface area (Å²) >= 11 is 0. The van der Waals surface area contributed by atoms with E-state index in [-0.39, 0.29) is 17.9 Å². The van der Waals surface area contributed by atoms with Crippen LogP contribution in [0.4, 0.5) is 5.69 Å². The van der Waals surface area contributed by atoms with E-state index in [0.29, 0.717) is 19.3 Å². The SMILES string of the molecule is CCCC(=O)Nc1ccc(CC(=O)N[C@@H](C)Cc2cnccn2)cc1. The van der Waals surface area contributed by atoms with Crippen molar-refractivity contribution in [1.29, 1.82) is 0 Å². The molecule has 2 N–H and O–H groups in total. The average molecular weight is 340 g/mol. The lowest BCUT2D eigenvalue weighted by molar-refractivity contribution is -0.121. The normalized spacial score (nSPS) is 11.6. The van der Waals surface area contributed by atoms with Crippen LogP contribution in [0.15, 0.2) is 42.9 Å². The van der Waals surface area contributed by atoms with Crippen molar-refractivity contribution >= 4 is 17.5 Å². The molecule has 1 atom stereocenters. The molecule has 0 fully saturated rings. The number of anilines is 1. The quantitative estimate of drug-likeness (QED) is 0.773. The molecule has 0 radical (unpaired) electrons. The molecule has 0 aliphatic heterocycles. The second-order valence-electron chi connectivity index (χ2n) is 6.04. The molecule has 2 aromatic rings. The molecule has 132 valence electrons. The molecule has 0 saturated carbocycles. The fourth-order valence-corrected chi connectivity index (χ4v) is 2.47. The minimum Gasteiger partial charge on any atom is -0.353 e. The van der Waals surface area contributed by atoms with E-state index in [1.54, 1.807) is 18.6 Å². The van der Waals surface area contributed by atoms with Gasteiger partial charge in [-0.15, -0.1) is 0 Å². The maximum atomic E-state index is 12.1. The molecule has 2 amide bonds. The standard InChI is InChI=1S/C19H24N4O2/c1-3-4-18(24)23-16-7-5-15(6-8-16)12-19(25)22-14(2)11-17-13-20-9-10-21-17/h5-10,13-14H,3-4,11-12H2,1-2H3,(H,22,25)(H,23,24)/t14-/m0/s1. The highest BCUT2D eigenvalue weighted by molar-refractivity contribution is 5.90. The van der Waals surface area contributed by atoms with Crippen molar-refractivity contribution in [3.63, 3.8) is 0 Å². The summed E-state index contributed by atoms with van der Waals surface area (Å²) < 4.78 is 0. The van der Waals surface area contributed by atoms with Gasteiger partial charge < -0.3 is 10.6 Å². The van der Waals surface area contributed by atoms with Crippen molar-refractivity contribution in [1.82, 2.24) is 15.3 Å². The molecule has 0 bridgehead atoms. The molecule has 25 heavy (non-hydrogen) atoms. The van der Waals surface area contributed by atoms with E-state index in [0.717, 1.165) is 23.4 Å². The topological polar surface area (TPSA) is 84.0 Å². The lowest BCUT2D eigenvalue weighted by Gasteiger charge is -2.13. The van der Waals surface area contributed by atoms with Gasteiger partial charge in [-0.1, -0.05) is 19.1 Å². The van der Waals surface area contributed by atoms with E-state index >= 15 is 0 Å². The zero-order valence-corrected chi connectivity index (χ0v) is 14.7. The summed E-state index contributed by atoms with van der Waals surface area (Å²) in [6, 6.07) is 7.33. The number of nitrogens with one attached hydrogen (secondary N) is 2. The van der Waals surface area contributed by atoms with Gasteiger partial charge in [-0.3, -0.25) is 19.6 Å². The lowest BCUT2D eigenvalue weighted by atomic mass is 10.1. The number of hydrogen-bond acceptors (Lipinski definition) is 4. The number of rotatable bonds is 8. The van der Waals surface area contributed by atoms with E-state index in [9.17, 15) is 9.59 Å². The van der Waals surface area contributed by atoms with E-state index in [2.05, 4.69) is 20.6 Å². The Morgan fingerprint density at radius 3 is 2.52 bits per heavy atom. The summed E-state index contributed by atoms with van der Waals surface area (Å²) in [7, 11) is 0. The first kappa shape index (κ1) is 18.6. The van der Waals surface area contributed by atoms with Crippen LogP contribution in [0.2, 0.25) is 0 Å². The zero-order chi connectivity index (χ0) is 18.1. The number of carbonyl (C=O) groups is 2. The van der Waals surface area contributed by atoms with Gasteiger partial charge in [-0.25, -0.2) is 0 Å². The highest BCUT2D eigenvalue weighted by Crippen LogP contribution is 2.11. The highest BCUT2D eigenvalue weighted by Gasteiger charge is 2.10. The van der Waals surface area contributed by atoms with Crippen LogP contribution in [0.1, 0.15) is 37.9 Å². The number of benzene rings is 1. The molecule has 0 unspecified atom stereocenters. The van der Waals surface area contributed by atoms with Gasteiger partial charge in [0.05, 0.1) is 12.1 Å². The Morgan fingerprint density at radius 1 is 1.12 bits per heavy atom. The van der Waals surface area contributed by atoms with E-state index < -0.39 is 0 Å². The van der Waals surface area contributed by atoms with E-state index in [4.69, 9.17) is 0 Å². The molecular weight excluding hydrogens is 316 g/mol. The number of aromatic nitrogens is 2. The Kier molecular flexibility index (Phi) is 7.07. The van der Waals surface area contributed by atoms with Crippen LogP contribution in [0.5, 0.6) is 0 Å². The van der Waals surface area contributed by atoms with Crippen LogP contribution >= 0.6 is 0 Å². The highest BCUT2D eigenvalue weighted by atomic mass is 16.2. The van der Waals surface area contributed by atoms with Crippen LogP contribution in [-0.2, 0) is 22.4 Å². The third-order valence-corrected chi connectivity index (χ3v) is 3.62. The molecule has 0 aliphatic rings. The van der Waals surface area contributed by atoms with Gasteiger partial charge in [0.15, 0.2) is 0 Å². The first-order valence-electron chi connectivity index (χ1n) is 8.50. The van der Waals surface area contributed by atoms with Crippen molar-refractivity contribution in [2.75, 3.05) is 5.32 Å². The Labute approximate surface area is 148 Å². The monoisotopic (exact) mass is 340 g/mol. The Balaban J connectivity index is 1.80. The van der Waals surface area contributed by atoms with Gasteiger partial charge in [0.1, 0.15) is 0 Å². The molecule has 1 heterocycles. The summed E-state index contributed by atoms with van der Waals surface area (Å²) in [5.41, 5.74) is 2.50. The molecular formula is C19H24N4O2. The van der Waals surface area contributed by atoms with Gasteiger partial charge in [-0.05, 0) is 31.0 Å². The predicted molar refractivity (Wildman–Crippen MR) is 97.0 cm³/mol. The lowest BCUT2D eigenvalue weighted by Crippen LogP contribution is -2.35. The molecule has 2 rings (SSSR count). The molecule has 0 spiro atoms. The van der Waals surface area contributed by atoms with Crippen molar-refractivity contribution in [2.24, 2.45) is 0 Å². The Morgan fingerprint density at radius 2 is 1.88 bits per heavy atom. The van der Waals surface area contributed by atoms with Crippen LogP contribution in [-0.4, -0.2) is 27.8 Å². The summed E-state index contributed by atoms with van der Waals surface area (Å²) in [4.78, 5) is 31.9. The molecule has 1 aromatic heterocycles. The molecule has 1 aromatic carbocycles. The van der Waals surface area contributed by atoms with Gasteiger partial charge in [0.2, 0.25) is 11.8 Å². The van der Waals surface area contributed by atoms with Crippen LogP contribution in [0, 0.1) is 0 Å². The molecule has 0 saturated heterocycles.